The number of aliphatic hydroxyl groups is 1. The lowest BCUT2D eigenvalue weighted by atomic mass is 9.83. The number of hydrogen-bond donors (Lipinski definition) is 1. The fraction of sp³-hybridized carbons (Fsp3) is 0.417. The van der Waals surface area contributed by atoms with Gasteiger partial charge in [0.15, 0.2) is 5.60 Å². The third kappa shape index (κ3) is 2.53. The minimum atomic E-state index is -4.71. The molecule has 1 aromatic carbocycles. The van der Waals surface area contributed by atoms with E-state index in [-0.39, 0.29) is 0 Å². The monoisotopic (exact) mass is 264 g/mol. The lowest BCUT2D eigenvalue weighted by Crippen LogP contribution is -2.51. The highest BCUT2D eigenvalue weighted by atomic mass is 19.3. The molecule has 1 aromatic rings. The number of benzene rings is 1. The summed E-state index contributed by atoms with van der Waals surface area (Å²) in [6.45, 7) is 0.954. The summed E-state index contributed by atoms with van der Waals surface area (Å²) in [6, 6.07) is 6.29. The van der Waals surface area contributed by atoms with Crippen molar-refractivity contribution in [3.05, 3.63) is 35.9 Å². The predicted octanol–water partition coefficient (Wildman–Crippen LogP) is 2.75. The van der Waals surface area contributed by atoms with Gasteiger partial charge in [0.1, 0.15) is 5.78 Å². The van der Waals surface area contributed by atoms with Crippen LogP contribution in [0.1, 0.15) is 18.9 Å². The molecule has 0 bridgehead atoms. The third-order valence-electron chi connectivity index (χ3n) is 2.58. The van der Waals surface area contributed by atoms with E-state index in [0.29, 0.717) is 0 Å². The summed E-state index contributed by atoms with van der Waals surface area (Å²) < 4.78 is 51.8. The van der Waals surface area contributed by atoms with Crippen molar-refractivity contribution in [2.24, 2.45) is 0 Å². The van der Waals surface area contributed by atoms with E-state index in [1.165, 1.54) is 18.2 Å². The maximum Gasteiger partial charge on any atom is 0.339 e. The number of carbonyl (C=O) groups is 1. The molecule has 0 aromatic heterocycles. The highest BCUT2D eigenvalue weighted by Crippen LogP contribution is 2.44. The van der Waals surface area contributed by atoms with Crippen LogP contribution in [0.5, 0.6) is 0 Å². The van der Waals surface area contributed by atoms with Crippen LogP contribution < -0.4 is 0 Å². The van der Waals surface area contributed by atoms with E-state index >= 15 is 0 Å². The van der Waals surface area contributed by atoms with Crippen molar-refractivity contribution < 1.29 is 27.5 Å². The number of alkyl halides is 4. The highest BCUT2D eigenvalue weighted by molar-refractivity contribution is 5.77. The van der Waals surface area contributed by atoms with Crippen LogP contribution >= 0.6 is 0 Å². The molecule has 0 radical (unpaired) electrons. The Hall–Kier alpha value is -1.43. The quantitative estimate of drug-likeness (QED) is 0.830. The Kier molecular flexibility index (Phi) is 4.11. The third-order valence-corrected chi connectivity index (χ3v) is 2.58. The highest BCUT2D eigenvalue weighted by Gasteiger charge is 2.60. The fourth-order valence-corrected chi connectivity index (χ4v) is 1.67. The number of Topliss-reactive ketones (excluding diaryl/α,β-unsaturated/α-hetero) is 1. The average Bonchev–Trinajstić information content (AvgIpc) is 2.28. The number of carbonyl (C=O) groups excluding carboxylic acids is 1. The van der Waals surface area contributed by atoms with Gasteiger partial charge in [0, 0.05) is 6.42 Å². The largest absolute Gasteiger partial charge is 0.378 e. The molecule has 0 heterocycles. The molecule has 18 heavy (non-hydrogen) atoms. The van der Waals surface area contributed by atoms with Gasteiger partial charge in [0.25, 0.3) is 0 Å². The van der Waals surface area contributed by atoms with E-state index in [9.17, 15) is 27.5 Å². The van der Waals surface area contributed by atoms with Crippen molar-refractivity contribution in [3.63, 3.8) is 0 Å². The zero-order valence-electron chi connectivity index (χ0n) is 9.54. The van der Waals surface area contributed by atoms with Gasteiger partial charge in [0.05, 0.1) is 0 Å². The van der Waals surface area contributed by atoms with E-state index in [4.69, 9.17) is 0 Å². The van der Waals surface area contributed by atoms with Gasteiger partial charge in [-0.25, -0.2) is 8.78 Å². The maximum absolute atomic E-state index is 13.5. The molecule has 0 amide bonds. The topological polar surface area (TPSA) is 37.3 Å². The SMILES string of the molecule is CC(=O)C[C@@](O)(c1ccccc1)C(F)(F)C(F)F. The van der Waals surface area contributed by atoms with E-state index in [2.05, 4.69) is 0 Å². The van der Waals surface area contributed by atoms with Crippen LogP contribution in [0.3, 0.4) is 0 Å². The van der Waals surface area contributed by atoms with Crippen molar-refractivity contribution in [3.8, 4) is 0 Å². The molecule has 0 aliphatic carbocycles. The van der Waals surface area contributed by atoms with Crippen LogP contribution in [-0.2, 0) is 10.4 Å². The smallest absolute Gasteiger partial charge is 0.339 e. The van der Waals surface area contributed by atoms with Gasteiger partial charge in [-0.15, -0.1) is 0 Å². The molecule has 1 rings (SSSR count). The molecule has 100 valence electrons. The molecular formula is C12H12F4O2. The molecule has 0 aliphatic rings. The number of hydrogen-bond acceptors (Lipinski definition) is 2. The molecular weight excluding hydrogens is 252 g/mol. The minimum absolute atomic E-state index is 0.412. The number of ketones is 1. The van der Waals surface area contributed by atoms with Crippen LogP contribution in [-0.4, -0.2) is 23.2 Å². The first kappa shape index (κ1) is 14.6. The molecule has 0 spiro atoms. The molecule has 6 heteroatoms. The Morgan fingerprint density at radius 3 is 2.17 bits per heavy atom. The molecule has 2 nitrogen and oxygen atoms in total. The standard InChI is InChI=1S/C12H12F4O2/c1-8(17)7-11(18,12(15,16)10(13)14)9-5-3-2-4-6-9/h2-6,10,18H,7H2,1H3/t11-/m1/s1. The van der Waals surface area contributed by atoms with Crippen molar-refractivity contribution in [2.75, 3.05) is 0 Å². The zero-order valence-corrected chi connectivity index (χ0v) is 9.54. The first-order valence-electron chi connectivity index (χ1n) is 5.15. The summed E-state index contributed by atoms with van der Waals surface area (Å²) >= 11 is 0. The predicted molar refractivity (Wildman–Crippen MR) is 56.6 cm³/mol. The molecule has 0 saturated heterocycles. The van der Waals surface area contributed by atoms with Crippen LogP contribution in [0.2, 0.25) is 0 Å². The number of halogens is 4. The second kappa shape index (κ2) is 5.06. The molecule has 1 N–H and O–H groups in total. The summed E-state index contributed by atoms with van der Waals surface area (Å²) in [7, 11) is 0. The molecule has 0 unspecified atom stereocenters. The van der Waals surface area contributed by atoms with Crippen LogP contribution in [0.4, 0.5) is 17.6 Å². The molecule has 0 fully saturated rings. The van der Waals surface area contributed by atoms with Crippen LogP contribution in [0.25, 0.3) is 0 Å². The van der Waals surface area contributed by atoms with Crippen molar-refractivity contribution in [2.45, 2.75) is 31.3 Å². The second-order valence-electron chi connectivity index (χ2n) is 4.03. The summed E-state index contributed by atoms with van der Waals surface area (Å²) in [4.78, 5) is 11.0. The molecule has 1 atom stereocenters. The van der Waals surface area contributed by atoms with Crippen molar-refractivity contribution in [1.82, 2.24) is 0 Å². The molecule has 0 saturated carbocycles. The Morgan fingerprint density at radius 1 is 1.28 bits per heavy atom. The van der Waals surface area contributed by atoms with Gasteiger partial charge in [-0.2, -0.15) is 8.78 Å². The average molecular weight is 264 g/mol. The van der Waals surface area contributed by atoms with Crippen LogP contribution in [0.15, 0.2) is 30.3 Å². The lowest BCUT2D eigenvalue weighted by Gasteiger charge is -2.35. The van der Waals surface area contributed by atoms with E-state index in [1.54, 1.807) is 0 Å². The summed E-state index contributed by atoms with van der Waals surface area (Å²) in [5.41, 5.74) is -3.61. The van der Waals surface area contributed by atoms with Gasteiger partial charge in [-0.1, -0.05) is 30.3 Å². The van der Waals surface area contributed by atoms with Gasteiger partial charge < -0.3 is 5.11 Å². The first-order valence-corrected chi connectivity index (χ1v) is 5.15. The maximum atomic E-state index is 13.5. The fourth-order valence-electron chi connectivity index (χ4n) is 1.67. The Labute approximate surface area is 101 Å². The van der Waals surface area contributed by atoms with Gasteiger partial charge in [-0.3, -0.25) is 4.79 Å². The summed E-state index contributed by atoms with van der Waals surface area (Å²) in [6.07, 6.45) is -5.14. The Bertz CT molecular complexity index is 419. The number of rotatable bonds is 5. The summed E-state index contributed by atoms with van der Waals surface area (Å²) in [5, 5.41) is 9.90. The Morgan fingerprint density at radius 2 is 1.78 bits per heavy atom. The van der Waals surface area contributed by atoms with Gasteiger partial charge >= 0.3 is 12.3 Å². The van der Waals surface area contributed by atoms with Gasteiger partial charge in [0.2, 0.25) is 0 Å². The van der Waals surface area contributed by atoms with E-state index in [0.717, 1.165) is 19.1 Å². The van der Waals surface area contributed by atoms with Crippen molar-refractivity contribution in [1.29, 1.82) is 0 Å². The summed E-state index contributed by atoms with van der Waals surface area (Å²) in [5.74, 6) is -5.51. The van der Waals surface area contributed by atoms with Gasteiger partial charge in [-0.05, 0) is 12.5 Å². The zero-order chi connectivity index (χ0) is 14.0. The van der Waals surface area contributed by atoms with E-state index < -0.39 is 35.7 Å². The minimum Gasteiger partial charge on any atom is -0.378 e. The first-order chi connectivity index (χ1) is 8.22. The molecule has 0 aliphatic heterocycles. The lowest BCUT2D eigenvalue weighted by molar-refractivity contribution is -0.249. The van der Waals surface area contributed by atoms with E-state index in [1.807, 2.05) is 0 Å². The second-order valence-corrected chi connectivity index (χ2v) is 4.03. The van der Waals surface area contributed by atoms with Crippen molar-refractivity contribution >= 4 is 5.78 Å². The van der Waals surface area contributed by atoms with Crippen LogP contribution in [0, 0.1) is 0 Å². The Balaban J connectivity index is 3.32. The normalized spacial score (nSPS) is 15.5.